The van der Waals surface area contributed by atoms with Gasteiger partial charge in [0.25, 0.3) is 0 Å². The standard InChI is InChI=1S/C20H26N4O3/c1-26-13-14-27-19-7-3-2-6-18(19)22-20(25)24-11-9-23(10-12-24)16-17-5-4-8-21-15-17/h2-8,15H,9-14,16H2,1H3,(H,22,25). The van der Waals surface area contributed by atoms with Crippen LogP contribution in [0.15, 0.2) is 48.8 Å². The van der Waals surface area contributed by atoms with E-state index in [-0.39, 0.29) is 6.03 Å². The molecule has 7 nitrogen and oxygen atoms in total. The van der Waals surface area contributed by atoms with E-state index in [1.54, 1.807) is 13.3 Å². The molecule has 1 aliphatic rings. The number of nitrogens with one attached hydrogen (secondary N) is 1. The largest absolute Gasteiger partial charge is 0.489 e. The number of para-hydroxylation sites is 2. The van der Waals surface area contributed by atoms with Crippen molar-refractivity contribution in [2.45, 2.75) is 6.54 Å². The van der Waals surface area contributed by atoms with E-state index in [1.165, 1.54) is 5.56 Å². The molecule has 1 aromatic carbocycles. The lowest BCUT2D eigenvalue weighted by molar-refractivity contribution is 0.142. The van der Waals surface area contributed by atoms with Crippen LogP contribution in [-0.2, 0) is 11.3 Å². The first-order valence-electron chi connectivity index (χ1n) is 9.14. The van der Waals surface area contributed by atoms with E-state index in [0.29, 0.717) is 37.7 Å². The maximum Gasteiger partial charge on any atom is 0.322 e. The molecule has 3 rings (SSSR count). The number of ether oxygens (including phenoxy) is 2. The number of benzene rings is 1. The number of anilines is 1. The Morgan fingerprint density at radius 1 is 1.11 bits per heavy atom. The van der Waals surface area contributed by atoms with Crippen LogP contribution in [0.4, 0.5) is 10.5 Å². The highest BCUT2D eigenvalue weighted by molar-refractivity contribution is 5.91. The molecule has 1 saturated heterocycles. The topological polar surface area (TPSA) is 66.9 Å². The van der Waals surface area contributed by atoms with Crippen molar-refractivity contribution in [3.8, 4) is 5.75 Å². The van der Waals surface area contributed by atoms with Crippen LogP contribution in [-0.4, -0.2) is 67.3 Å². The highest BCUT2D eigenvalue weighted by Gasteiger charge is 2.22. The van der Waals surface area contributed by atoms with Gasteiger partial charge in [-0.1, -0.05) is 18.2 Å². The molecular weight excluding hydrogens is 344 g/mol. The molecule has 27 heavy (non-hydrogen) atoms. The Morgan fingerprint density at radius 2 is 1.93 bits per heavy atom. The molecule has 0 bridgehead atoms. The first-order chi connectivity index (χ1) is 13.3. The van der Waals surface area contributed by atoms with Crippen molar-refractivity contribution in [1.29, 1.82) is 0 Å². The Kier molecular flexibility index (Phi) is 7.01. The van der Waals surface area contributed by atoms with Crippen LogP contribution in [0.2, 0.25) is 0 Å². The van der Waals surface area contributed by atoms with Gasteiger partial charge in [0, 0.05) is 52.2 Å². The van der Waals surface area contributed by atoms with Crippen molar-refractivity contribution in [3.63, 3.8) is 0 Å². The lowest BCUT2D eigenvalue weighted by Crippen LogP contribution is -2.49. The normalized spacial score (nSPS) is 14.8. The van der Waals surface area contributed by atoms with Crippen LogP contribution >= 0.6 is 0 Å². The molecule has 7 heteroatoms. The molecule has 1 aromatic heterocycles. The highest BCUT2D eigenvalue weighted by atomic mass is 16.5. The highest BCUT2D eigenvalue weighted by Crippen LogP contribution is 2.24. The third kappa shape index (κ3) is 5.67. The maximum atomic E-state index is 12.6. The maximum absolute atomic E-state index is 12.6. The van der Waals surface area contributed by atoms with Crippen molar-refractivity contribution in [1.82, 2.24) is 14.8 Å². The minimum Gasteiger partial charge on any atom is -0.489 e. The molecular formula is C20H26N4O3. The summed E-state index contributed by atoms with van der Waals surface area (Å²) >= 11 is 0. The van der Waals surface area contributed by atoms with E-state index in [4.69, 9.17) is 9.47 Å². The Hall–Kier alpha value is -2.64. The van der Waals surface area contributed by atoms with E-state index >= 15 is 0 Å². The fourth-order valence-electron chi connectivity index (χ4n) is 2.98. The fraction of sp³-hybridized carbons (Fsp3) is 0.400. The summed E-state index contributed by atoms with van der Waals surface area (Å²) in [4.78, 5) is 20.9. The van der Waals surface area contributed by atoms with Crippen molar-refractivity contribution < 1.29 is 14.3 Å². The number of aromatic nitrogens is 1. The third-order valence-electron chi connectivity index (χ3n) is 4.46. The first-order valence-corrected chi connectivity index (χ1v) is 9.14. The molecule has 0 unspecified atom stereocenters. The smallest absolute Gasteiger partial charge is 0.322 e. The average Bonchev–Trinajstić information content (AvgIpc) is 2.71. The quantitative estimate of drug-likeness (QED) is 0.759. The number of hydrogen-bond donors (Lipinski definition) is 1. The second-order valence-corrected chi connectivity index (χ2v) is 6.39. The van der Waals surface area contributed by atoms with E-state index in [1.807, 2.05) is 41.4 Å². The number of urea groups is 1. The predicted molar refractivity (Wildman–Crippen MR) is 104 cm³/mol. The zero-order valence-corrected chi connectivity index (χ0v) is 15.6. The molecule has 0 aliphatic carbocycles. The Labute approximate surface area is 159 Å². The Balaban J connectivity index is 1.50. The fourth-order valence-corrected chi connectivity index (χ4v) is 2.98. The van der Waals surface area contributed by atoms with E-state index < -0.39 is 0 Å². The van der Waals surface area contributed by atoms with Gasteiger partial charge in [-0.2, -0.15) is 0 Å². The number of methoxy groups -OCH3 is 1. The number of carbonyl (C=O) groups excluding carboxylic acids is 1. The van der Waals surface area contributed by atoms with Crippen LogP contribution in [0.25, 0.3) is 0 Å². The van der Waals surface area contributed by atoms with Crippen LogP contribution < -0.4 is 10.1 Å². The van der Waals surface area contributed by atoms with Crippen LogP contribution in [0.1, 0.15) is 5.56 Å². The summed E-state index contributed by atoms with van der Waals surface area (Å²) < 4.78 is 10.7. The molecule has 0 spiro atoms. The molecule has 2 aromatic rings. The Morgan fingerprint density at radius 3 is 2.67 bits per heavy atom. The summed E-state index contributed by atoms with van der Waals surface area (Å²) in [5, 5.41) is 2.96. The molecule has 2 heterocycles. The number of nitrogens with zero attached hydrogens (tertiary/aromatic N) is 3. The summed E-state index contributed by atoms with van der Waals surface area (Å²) in [6.07, 6.45) is 3.67. The molecule has 0 saturated carbocycles. The number of rotatable bonds is 7. The van der Waals surface area contributed by atoms with Gasteiger partial charge < -0.3 is 19.7 Å². The summed E-state index contributed by atoms with van der Waals surface area (Å²) in [6, 6.07) is 11.4. The number of piperazine rings is 1. The number of carbonyl (C=O) groups is 1. The van der Waals surface area contributed by atoms with Gasteiger partial charge in [0.2, 0.25) is 0 Å². The van der Waals surface area contributed by atoms with Crippen LogP contribution in [0.3, 0.4) is 0 Å². The van der Waals surface area contributed by atoms with Gasteiger partial charge in [-0.15, -0.1) is 0 Å². The van der Waals surface area contributed by atoms with Crippen molar-refractivity contribution in [3.05, 3.63) is 54.4 Å². The third-order valence-corrected chi connectivity index (χ3v) is 4.46. The molecule has 0 radical (unpaired) electrons. The van der Waals surface area contributed by atoms with Crippen LogP contribution in [0, 0.1) is 0 Å². The van der Waals surface area contributed by atoms with Crippen LogP contribution in [0.5, 0.6) is 5.75 Å². The number of pyridine rings is 1. The summed E-state index contributed by atoms with van der Waals surface area (Å²) in [5.41, 5.74) is 1.87. The van der Waals surface area contributed by atoms with E-state index in [0.717, 1.165) is 19.6 Å². The predicted octanol–water partition coefficient (Wildman–Crippen LogP) is 2.46. The van der Waals surface area contributed by atoms with Crippen molar-refractivity contribution >= 4 is 11.7 Å². The Bertz CT molecular complexity index is 718. The molecule has 2 amide bonds. The van der Waals surface area contributed by atoms with E-state index in [2.05, 4.69) is 21.3 Å². The molecule has 1 aliphatic heterocycles. The minimum absolute atomic E-state index is 0.0983. The van der Waals surface area contributed by atoms with Gasteiger partial charge in [-0.05, 0) is 23.8 Å². The van der Waals surface area contributed by atoms with Crippen molar-refractivity contribution in [2.75, 3.05) is 51.8 Å². The summed E-state index contributed by atoms with van der Waals surface area (Å²) in [5.74, 6) is 0.651. The number of amides is 2. The van der Waals surface area contributed by atoms with Gasteiger partial charge in [0.1, 0.15) is 12.4 Å². The molecule has 0 atom stereocenters. The first kappa shape index (κ1) is 19.1. The summed E-state index contributed by atoms with van der Waals surface area (Å²) in [7, 11) is 1.63. The van der Waals surface area contributed by atoms with Gasteiger partial charge >= 0.3 is 6.03 Å². The zero-order chi connectivity index (χ0) is 18.9. The average molecular weight is 370 g/mol. The van der Waals surface area contributed by atoms with Gasteiger partial charge in [-0.3, -0.25) is 9.88 Å². The molecule has 1 fully saturated rings. The van der Waals surface area contributed by atoms with E-state index in [9.17, 15) is 4.79 Å². The van der Waals surface area contributed by atoms with Gasteiger partial charge in [0.15, 0.2) is 0 Å². The zero-order valence-electron chi connectivity index (χ0n) is 15.6. The lowest BCUT2D eigenvalue weighted by atomic mass is 10.2. The minimum atomic E-state index is -0.0983. The number of hydrogen-bond acceptors (Lipinski definition) is 5. The SMILES string of the molecule is COCCOc1ccccc1NC(=O)N1CCN(Cc2cccnc2)CC1. The lowest BCUT2D eigenvalue weighted by Gasteiger charge is -2.34. The van der Waals surface area contributed by atoms with Gasteiger partial charge in [-0.25, -0.2) is 4.79 Å². The summed E-state index contributed by atoms with van der Waals surface area (Å²) in [6.45, 7) is 4.87. The van der Waals surface area contributed by atoms with Gasteiger partial charge in [0.05, 0.1) is 12.3 Å². The molecule has 1 N–H and O–H groups in total. The second-order valence-electron chi connectivity index (χ2n) is 6.39. The molecule has 144 valence electrons. The second kappa shape index (κ2) is 9.89. The van der Waals surface area contributed by atoms with Crippen molar-refractivity contribution in [2.24, 2.45) is 0 Å². The monoisotopic (exact) mass is 370 g/mol.